The molecule has 0 aliphatic heterocycles. The molecule has 3 nitrogen and oxygen atoms in total. The van der Waals surface area contributed by atoms with Crippen molar-refractivity contribution in [2.24, 2.45) is 0 Å². The highest BCUT2D eigenvalue weighted by atomic mass is 35.5. The predicted octanol–water partition coefficient (Wildman–Crippen LogP) is -0.946. The fourth-order valence-corrected chi connectivity index (χ4v) is 2.77. The standard InChI is InChI=1S/C20H27NO2.ClH/c1-21(2)16-15-20(22,14-13-17-7-5-4-6-8-17)18-9-11-19(23-3)12-10-18;/h4-12,22H,13-16H2,1-3H3;1H. The van der Waals surface area contributed by atoms with Crippen molar-refractivity contribution in [3.05, 3.63) is 65.7 Å². The summed E-state index contributed by atoms with van der Waals surface area (Å²) in [5.41, 5.74) is 1.42. The van der Waals surface area contributed by atoms with Gasteiger partial charge in [-0.25, -0.2) is 0 Å². The Morgan fingerprint density at radius 1 is 0.958 bits per heavy atom. The Morgan fingerprint density at radius 3 is 2.12 bits per heavy atom. The summed E-state index contributed by atoms with van der Waals surface area (Å²) in [4.78, 5) is 1.34. The quantitative estimate of drug-likeness (QED) is 0.644. The van der Waals surface area contributed by atoms with Gasteiger partial charge in [0.05, 0.1) is 33.4 Å². The van der Waals surface area contributed by atoms with Gasteiger partial charge in [0.15, 0.2) is 0 Å². The fourth-order valence-electron chi connectivity index (χ4n) is 2.77. The first-order valence-electron chi connectivity index (χ1n) is 8.23. The van der Waals surface area contributed by atoms with E-state index in [-0.39, 0.29) is 12.4 Å². The van der Waals surface area contributed by atoms with Gasteiger partial charge in [-0.15, -0.1) is 0 Å². The van der Waals surface area contributed by atoms with Gasteiger partial charge in [-0.2, -0.15) is 0 Å². The summed E-state index contributed by atoms with van der Waals surface area (Å²) >= 11 is 0. The van der Waals surface area contributed by atoms with Gasteiger partial charge in [-0.3, -0.25) is 0 Å². The van der Waals surface area contributed by atoms with E-state index in [1.165, 1.54) is 10.5 Å². The van der Waals surface area contributed by atoms with Crippen LogP contribution in [0.15, 0.2) is 54.6 Å². The Morgan fingerprint density at radius 2 is 1.58 bits per heavy atom. The number of rotatable bonds is 8. The van der Waals surface area contributed by atoms with Crippen LogP contribution in [0, 0.1) is 0 Å². The largest absolute Gasteiger partial charge is 1.00 e. The normalized spacial score (nSPS) is 13.2. The first kappa shape index (κ1) is 20.5. The number of nitrogens with one attached hydrogen (secondary N) is 1. The number of hydrogen-bond donors (Lipinski definition) is 2. The lowest BCUT2D eigenvalue weighted by atomic mass is 9.84. The maximum atomic E-state index is 11.3. The summed E-state index contributed by atoms with van der Waals surface area (Å²) in [6, 6.07) is 18.2. The minimum atomic E-state index is -0.806. The molecule has 2 rings (SSSR count). The van der Waals surface area contributed by atoms with Gasteiger partial charge in [-0.1, -0.05) is 42.5 Å². The van der Waals surface area contributed by atoms with E-state index in [1.807, 2.05) is 42.5 Å². The molecule has 2 N–H and O–H groups in total. The van der Waals surface area contributed by atoms with E-state index in [9.17, 15) is 5.11 Å². The molecular weight excluding hydrogens is 322 g/mol. The number of ether oxygens (including phenoxy) is 1. The SMILES string of the molecule is COc1ccc(C(O)(CCc2ccccc2)CC[NH+](C)C)cc1.[Cl-]. The summed E-state index contributed by atoms with van der Waals surface area (Å²) in [5.74, 6) is 0.817. The van der Waals surface area contributed by atoms with E-state index in [1.54, 1.807) is 7.11 Å². The topological polar surface area (TPSA) is 33.9 Å². The molecule has 0 aliphatic carbocycles. The number of aryl methyl sites for hydroxylation is 1. The summed E-state index contributed by atoms with van der Waals surface area (Å²) in [7, 11) is 5.89. The van der Waals surface area contributed by atoms with Crippen LogP contribution < -0.4 is 22.0 Å². The second-order valence-corrected chi connectivity index (χ2v) is 6.45. The van der Waals surface area contributed by atoms with Crippen molar-refractivity contribution < 1.29 is 27.2 Å². The Kier molecular flexibility index (Phi) is 8.26. The van der Waals surface area contributed by atoms with Crippen molar-refractivity contribution in [1.82, 2.24) is 0 Å². The molecule has 1 atom stereocenters. The first-order chi connectivity index (χ1) is 11.0. The molecule has 0 amide bonds. The van der Waals surface area contributed by atoms with Crippen LogP contribution in [0.5, 0.6) is 5.75 Å². The van der Waals surface area contributed by atoms with Crippen LogP contribution in [-0.4, -0.2) is 32.9 Å². The summed E-state index contributed by atoms with van der Waals surface area (Å²) in [5, 5.41) is 11.3. The molecule has 0 bridgehead atoms. The summed E-state index contributed by atoms with van der Waals surface area (Å²) < 4.78 is 5.22. The summed E-state index contributed by atoms with van der Waals surface area (Å²) in [6.07, 6.45) is 2.33. The van der Waals surface area contributed by atoms with Gasteiger partial charge in [-0.05, 0) is 36.1 Å². The van der Waals surface area contributed by atoms with Crippen LogP contribution >= 0.6 is 0 Å². The summed E-state index contributed by atoms with van der Waals surface area (Å²) in [6.45, 7) is 0.928. The van der Waals surface area contributed by atoms with Crippen molar-refractivity contribution in [2.45, 2.75) is 24.9 Å². The molecule has 0 heterocycles. The molecule has 2 aromatic carbocycles. The van der Waals surface area contributed by atoms with Gasteiger partial charge in [0.1, 0.15) is 5.75 Å². The highest BCUT2D eigenvalue weighted by Gasteiger charge is 2.29. The van der Waals surface area contributed by atoms with Crippen LogP contribution in [0.3, 0.4) is 0 Å². The number of quaternary nitrogens is 1. The molecule has 24 heavy (non-hydrogen) atoms. The van der Waals surface area contributed by atoms with E-state index >= 15 is 0 Å². The smallest absolute Gasteiger partial charge is 0.118 e. The van der Waals surface area contributed by atoms with Crippen LogP contribution in [-0.2, 0) is 12.0 Å². The van der Waals surface area contributed by atoms with Crippen LogP contribution in [0.25, 0.3) is 0 Å². The van der Waals surface area contributed by atoms with Crippen molar-refractivity contribution in [3.8, 4) is 5.75 Å². The molecule has 4 heteroatoms. The van der Waals surface area contributed by atoms with Crippen LogP contribution in [0.4, 0.5) is 0 Å². The highest BCUT2D eigenvalue weighted by molar-refractivity contribution is 5.31. The van der Waals surface area contributed by atoms with Gasteiger partial charge < -0.3 is 27.2 Å². The third kappa shape index (κ3) is 5.82. The molecule has 0 aliphatic rings. The average molecular weight is 350 g/mol. The lowest BCUT2D eigenvalue weighted by Gasteiger charge is -2.29. The number of halogens is 1. The van der Waals surface area contributed by atoms with E-state index in [0.29, 0.717) is 0 Å². The predicted molar refractivity (Wildman–Crippen MR) is 93.9 cm³/mol. The molecule has 0 aromatic heterocycles. The highest BCUT2D eigenvalue weighted by Crippen LogP contribution is 2.31. The number of benzene rings is 2. The molecule has 2 aromatic rings. The van der Waals surface area contributed by atoms with E-state index in [4.69, 9.17) is 4.74 Å². The van der Waals surface area contributed by atoms with E-state index in [2.05, 4.69) is 26.2 Å². The third-order valence-electron chi connectivity index (χ3n) is 4.34. The zero-order valence-corrected chi connectivity index (χ0v) is 15.5. The maximum absolute atomic E-state index is 11.3. The molecule has 132 valence electrons. The minimum Gasteiger partial charge on any atom is -1.00 e. The van der Waals surface area contributed by atoms with Crippen LogP contribution in [0.2, 0.25) is 0 Å². The monoisotopic (exact) mass is 349 g/mol. The Bertz CT molecular complexity index is 586. The van der Waals surface area contributed by atoms with E-state index < -0.39 is 5.60 Å². The zero-order valence-electron chi connectivity index (χ0n) is 14.8. The zero-order chi connectivity index (χ0) is 16.7. The molecule has 0 radical (unpaired) electrons. The van der Waals surface area contributed by atoms with Gasteiger partial charge in [0.25, 0.3) is 0 Å². The Labute approximate surface area is 151 Å². The maximum Gasteiger partial charge on any atom is 0.118 e. The van der Waals surface area contributed by atoms with Gasteiger partial charge in [0.2, 0.25) is 0 Å². The van der Waals surface area contributed by atoms with Gasteiger partial charge in [0, 0.05) is 6.42 Å². The van der Waals surface area contributed by atoms with Crippen LogP contribution in [0.1, 0.15) is 24.0 Å². The first-order valence-corrected chi connectivity index (χ1v) is 8.23. The Hall–Kier alpha value is -1.55. The second-order valence-electron chi connectivity index (χ2n) is 6.45. The molecular formula is C20H28ClNO2. The lowest BCUT2D eigenvalue weighted by Crippen LogP contribution is -3.05. The molecule has 0 saturated carbocycles. The van der Waals surface area contributed by atoms with Crippen molar-refractivity contribution in [1.29, 1.82) is 0 Å². The number of hydrogen-bond acceptors (Lipinski definition) is 2. The molecule has 0 fully saturated rings. The minimum absolute atomic E-state index is 0. The van der Waals surface area contributed by atoms with E-state index in [0.717, 1.165) is 37.1 Å². The molecule has 0 saturated heterocycles. The second kappa shape index (κ2) is 9.67. The van der Waals surface area contributed by atoms with Gasteiger partial charge >= 0.3 is 0 Å². The Balaban J connectivity index is 0.00000288. The number of methoxy groups -OCH3 is 1. The van der Waals surface area contributed by atoms with Crippen molar-refractivity contribution in [3.63, 3.8) is 0 Å². The molecule has 1 unspecified atom stereocenters. The van der Waals surface area contributed by atoms with Crippen molar-refractivity contribution >= 4 is 0 Å². The third-order valence-corrected chi connectivity index (χ3v) is 4.34. The fraction of sp³-hybridized carbons (Fsp3) is 0.400. The number of aliphatic hydroxyl groups is 1. The average Bonchev–Trinajstić information content (AvgIpc) is 2.59. The molecule has 0 spiro atoms. The lowest BCUT2D eigenvalue weighted by molar-refractivity contribution is -0.859. The van der Waals surface area contributed by atoms with Crippen molar-refractivity contribution in [2.75, 3.05) is 27.7 Å².